The number of ketones is 1. The Labute approximate surface area is 107 Å². The van der Waals surface area contributed by atoms with Gasteiger partial charge in [0.05, 0.1) is 17.9 Å². The average Bonchev–Trinajstić information content (AvgIpc) is 2.35. The van der Waals surface area contributed by atoms with Gasteiger partial charge in [-0.1, -0.05) is 26.0 Å². The van der Waals surface area contributed by atoms with E-state index in [2.05, 4.69) is 19.9 Å². The molecule has 0 fully saturated rings. The molecule has 0 saturated heterocycles. The number of fused-ring (bicyclic) bond motifs is 1. The molecule has 0 N–H and O–H groups in total. The molecular formula is C14H18O2S. The van der Waals surface area contributed by atoms with Crippen molar-refractivity contribution in [3.05, 3.63) is 29.3 Å². The highest BCUT2D eigenvalue weighted by Crippen LogP contribution is 2.30. The number of aryl methyl sites for hydroxylation is 1. The Morgan fingerprint density at radius 2 is 2.29 bits per heavy atom. The predicted molar refractivity (Wildman–Crippen MR) is 72.2 cm³/mol. The molecule has 1 heterocycles. The topological polar surface area (TPSA) is 26.3 Å². The molecule has 2 rings (SSSR count). The van der Waals surface area contributed by atoms with E-state index in [1.807, 2.05) is 12.1 Å². The van der Waals surface area contributed by atoms with E-state index in [4.69, 9.17) is 4.74 Å². The SMILES string of the molecule is CC(C)SCC(=O)c1cccc2c1OCCC2. The van der Waals surface area contributed by atoms with Gasteiger partial charge in [0.2, 0.25) is 0 Å². The van der Waals surface area contributed by atoms with Crippen LogP contribution in [0, 0.1) is 0 Å². The third-order valence-electron chi connectivity index (χ3n) is 2.78. The number of hydrogen-bond acceptors (Lipinski definition) is 3. The fourth-order valence-corrected chi connectivity index (χ4v) is 2.57. The van der Waals surface area contributed by atoms with Crippen LogP contribution in [0.4, 0.5) is 0 Å². The van der Waals surface area contributed by atoms with Gasteiger partial charge in [0.25, 0.3) is 0 Å². The third-order valence-corrected chi connectivity index (χ3v) is 3.88. The van der Waals surface area contributed by atoms with Gasteiger partial charge < -0.3 is 4.74 Å². The van der Waals surface area contributed by atoms with E-state index in [1.54, 1.807) is 11.8 Å². The Morgan fingerprint density at radius 3 is 3.06 bits per heavy atom. The summed E-state index contributed by atoms with van der Waals surface area (Å²) in [7, 11) is 0. The summed E-state index contributed by atoms with van der Waals surface area (Å²) in [5, 5.41) is 0.486. The van der Waals surface area contributed by atoms with Crippen LogP contribution in [0.25, 0.3) is 0 Å². The van der Waals surface area contributed by atoms with Crippen LogP contribution in [0.2, 0.25) is 0 Å². The molecular weight excluding hydrogens is 232 g/mol. The lowest BCUT2D eigenvalue weighted by atomic mass is 10.0. The van der Waals surface area contributed by atoms with Crippen molar-refractivity contribution in [3.8, 4) is 5.75 Å². The van der Waals surface area contributed by atoms with Crippen LogP contribution < -0.4 is 4.74 Å². The van der Waals surface area contributed by atoms with Crippen molar-refractivity contribution >= 4 is 17.5 Å². The van der Waals surface area contributed by atoms with Gasteiger partial charge >= 0.3 is 0 Å². The minimum atomic E-state index is 0.183. The second-order valence-corrected chi connectivity index (χ2v) is 6.09. The summed E-state index contributed by atoms with van der Waals surface area (Å²) in [4.78, 5) is 12.1. The fraction of sp³-hybridized carbons (Fsp3) is 0.500. The number of thioether (sulfide) groups is 1. The number of ether oxygens (including phenoxy) is 1. The number of rotatable bonds is 4. The molecule has 0 aromatic heterocycles. The van der Waals surface area contributed by atoms with Crippen molar-refractivity contribution in [2.24, 2.45) is 0 Å². The highest BCUT2D eigenvalue weighted by atomic mass is 32.2. The Kier molecular flexibility index (Phi) is 4.11. The summed E-state index contributed by atoms with van der Waals surface area (Å²) in [6, 6.07) is 5.90. The van der Waals surface area contributed by atoms with Gasteiger partial charge in [0.1, 0.15) is 5.75 Å². The zero-order chi connectivity index (χ0) is 12.3. The monoisotopic (exact) mass is 250 g/mol. The first-order valence-corrected chi connectivity index (χ1v) is 7.13. The molecule has 1 aliphatic heterocycles. The molecule has 2 nitrogen and oxygen atoms in total. The van der Waals surface area contributed by atoms with Crippen LogP contribution in [0.5, 0.6) is 5.75 Å². The maximum Gasteiger partial charge on any atom is 0.176 e. The number of carbonyl (C=O) groups excluding carboxylic acids is 1. The first-order chi connectivity index (χ1) is 8.18. The lowest BCUT2D eigenvalue weighted by Gasteiger charge is -2.19. The van der Waals surface area contributed by atoms with E-state index in [0.717, 1.165) is 30.8 Å². The Morgan fingerprint density at radius 1 is 1.47 bits per heavy atom. The van der Waals surface area contributed by atoms with E-state index in [-0.39, 0.29) is 5.78 Å². The zero-order valence-electron chi connectivity index (χ0n) is 10.4. The van der Waals surface area contributed by atoms with Gasteiger partial charge in [-0.2, -0.15) is 11.8 Å². The van der Waals surface area contributed by atoms with Crippen molar-refractivity contribution in [2.45, 2.75) is 31.9 Å². The van der Waals surface area contributed by atoms with Crippen LogP contribution in [0.3, 0.4) is 0 Å². The van der Waals surface area contributed by atoms with E-state index in [0.29, 0.717) is 11.0 Å². The number of carbonyl (C=O) groups is 1. The van der Waals surface area contributed by atoms with Crippen molar-refractivity contribution in [1.29, 1.82) is 0 Å². The largest absolute Gasteiger partial charge is 0.493 e. The van der Waals surface area contributed by atoms with Gasteiger partial charge in [-0.15, -0.1) is 0 Å². The molecule has 0 amide bonds. The summed E-state index contributed by atoms with van der Waals surface area (Å²) in [6.45, 7) is 4.94. The van der Waals surface area contributed by atoms with Gasteiger partial charge in [0.15, 0.2) is 5.78 Å². The third kappa shape index (κ3) is 3.03. The standard InChI is InChI=1S/C14H18O2S/c1-10(2)17-9-13(15)12-7-3-5-11-6-4-8-16-14(11)12/h3,5,7,10H,4,6,8-9H2,1-2H3. The highest BCUT2D eigenvalue weighted by Gasteiger charge is 2.18. The minimum Gasteiger partial charge on any atom is -0.493 e. The number of Topliss-reactive ketones (excluding diaryl/α,β-unsaturated/α-hetero) is 1. The van der Waals surface area contributed by atoms with E-state index in [9.17, 15) is 4.79 Å². The van der Waals surface area contributed by atoms with Crippen LogP contribution >= 0.6 is 11.8 Å². The number of hydrogen-bond donors (Lipinski definition) is 0. The number of benzene rings is 1. The van der Waals surface area contributed by atoms with Crippen molar-refractivity contribution in [2.75, 3.05) is 12.4 Å². The number of para-hydroxylation sites is 1. The molecule has 0 radical (unpaired) electrons. The molecule has 0 spiro atoms. The summed E-state index contributed by atoms with van der Waals surface area (Å²) in [6.07, 6.45) is 2.07. The molecule has 17 heavy (non-hydrogen) atoms. The first kappa shape index (κ1) is 12.5. The molecule has 0 saturated carbocycles. The van der Waals surface area contributed by atoms with Crippen molar-refractivity contribution < 1.29 is 9.53 Å². The maximum atomic E-state index is 12.1. The highest BCUT2D eigenvalue weighted by molar-refractivity contribution is 8.00. The van der Waals surface area contributed by atoms with Crippen LogP contribution in [0.1, 0.15) is 36.2 Å². The zero-order valence-corrected chi connectivity index (χ0v) is 11.2. The summed E-state index contributed by atoms with van der Waals surface area (Å²) >= 11 is 1.68. The fourth-order valence-electron chi connectivity index (χ4n) is 1.93. The van der Waals surface area contributed by atoms with Crippen molar-refractivity contribution in [1.82, 2.24) is 0 Å². The average molecular weight is 250 g/mol. The molecule has 0 unspecified atom stereocenters. The Balaban J connectivity index is 2.17. The van der Waals surface area contributed by atoms with Crippen LogP contribution in [-0.2, 0) is 6.42 Å². The molecule has 0 atom stereocenters. The molecule has 1 aromatic rings. The summed E-state index contributed by atoms with van der Waals surface area (Å²) in [5.74, 6) is 1.55. The first-order valence-electron chi connectivity index (χ1n) is 6.08. The van der Waals surface area contributed by atoms with Crippen LogP contribution in [0.15, 0.2) is 18.2 Å². The van der Waals surface area contributed by atoms with E-state index >= 15 is 0 Å². The lowest BCUT2D eigenvalue weighted by molar-refractivity contribution is 0.101. The normalized spacial score (nSPS) is 14.3. The Bertz CT molecular complexity index is 413. The lowest BCUT2D eigenvalue weighted by Crippen LogP contribution is -2.14. The van der Waals surface area contributed by atoms with E-state index in [1.165, 1.54) is 5.56 Å². The molecule has 1 aromatic carbocycles. The minimum absolute atomic E-state index is 0.183. The Hall–Kier alpha value is -0.960. The van der Waals surface area contributed by atoms with Gasteiger partial charge in [-0.3, -0.25) is 4.79 Å². The smallest absolute Gasteiger partial charge is 0.176 e. The molecule has 0 bridgehead atoms. The predicted octanol–water partition coefficient (Wildman–Crippen LogP) is 3.34. The quantitative estimate of drug-likeness (QED) is 0.767. The van der Waals surface area contributed by atoms with Gasteiger partial charge in [-0.25, -0.2) is 0 Å². The molecule has 1 aliphatic rings. The second kappa shape index (κ2) is 5.58. The van der Waals surface area contributed by atoms with Crippen LogP contribution in [-0.4, -0.2) is 23.4 Å². The molecule has 3 heteroatoms. The van der Waals surface area contributed by atoms with Gasteiger partial charge in [-0.05, 0) is 29.7 Å². The van der Waals surface area contributed by atoms with Crippen molar-refractivity contribution in [3.63, 3.8) is 0 Å². The summed E-state index contributed by atoms with van der Waals surface area (Å²) in [5.41, 5.74) is 1.94. The maximum absolute atomic E-state index is 12.1. The molecule has 92 valence electrons. The van der Waals surface area contributed by atoms with Gasteiger partial charge in [0, 0.05) is 0 Å². The second-order valence-electron chi connectivity index (χ2n) is 4.53. The van der Waals surface area contributed by atoms with E-state index < -0.39 is 0 Å². The molecule has 0 aliphatic carbocycles. The summed E-state index contributed by atoms with van der Waals surface area (Å²) < 4.78 is 5.65.